The van der Waals surface area contributed by atoms with Crippen molar-refractivity contribution < 1.29 is 14.3 Å². The first-order chi connectivity index (χ1) is 10.7. The molecule has 0 aliphatic carbocycles. The molecule has 0 radical (unpaired) electrons. The number of hydrogen-bond donors (Lipinski definition) is 1. The number of carbonyl (C=O) groups is 1. The van der Waals surface area contributed by atoms with Crippen LogP contribution in [0, 0.1) is 0 Å². The number of anilines is 2. The van der Waals surface area contributed by atoms with Crippen LogP contribution in [0.1, 0.15) is 26.2 Å². The lowest BCUT2D eigenvalue weighted by Gasteiger charge is -2.20. The maximum atomic E-state index is 12.0. The van der Waals surface area contributed by atoms with Gasteiger partial charge in [-0.3, -0.25) is 4.79 Å². The fraction of sp³-hybridized carbons (Fsp3) is 0.588. The van der Waals surface area contributed by atoms with Crippen LogP contribution in [0.4, 0.5) is 11.4 Å². The van der Waals surface area contributed by atoms with Crippen LogP contribution < -0.4 is 10.2 Å². The first-order valence-electron chi connectivity index (χ1n) is 8.00. The standard InChI is InChI=1S/C17H26N2O3/c1-3-19(2)16-9-5-4-8-15(16)18-17(20)10-12-21-13-14-7-6-11-22-14/h4-5,8-9,14H,3,6-7,10-13H2,1-2H3,(H,18,20)/t14-/m1/s1. The van der Waals surface area contributed by atoms with Gasteiger partial charge in [0, 0.05) is 20.2 Å². The monoisotopic (exact) mass is 306 g/mol. The molecule has 1 aromatic carbocycles. The summed E-state index contributed by atoms with van der Waals surface area (Å²) in [5.41, 5.74) is 1.87. The Labute approximate surface area is 132 Å². The smallest absolute Gasteiger partial charge is 0.226 e. The highest BCUT2D eigenvalue weighted by molar-refractivity contribution is 5.94. The van der Waals surface area contributed by atoms with Gasteiger partial charge in [-0.1, -0.05) is 12.1 Å². The lowest BCUT2D eigenvalue weighted by atomic mass is 10.2. The number of amides is 1. The molecule has 1 atom stereocenters. The number of hydrogen-bond acceptors (Lipinski definition) is 4. The number of para-hydroxylation sites is 2. The maximum Gasteiger partial charge on any atom is 0.226 e. The highest BCUT2D eigenvalue weighted by atomic mass is 16.5. The molecule has 0 unspecified atom stereocenters. The minimum absolute atomic E-state index is 0.0238. The van der Waals surface area contributed by atoms with Crippen LogP contribution in [0.5, 0.6) is 0 Å². The summed E-state index contributed by atoms with van der Waals surface area (Å²) in [6, 6.07) is 7.83. The fourth-order valence-corrected chi connectivity index (χ4v) is 2.45. The average Bonchev–Trinajstić information content (AvgIpc) is 3.05. The van der Waals surface area contributed by atoms with Crippen molar-refractivity contribution in [2.75, 3.05) is 43.6 Å². The minimum Gasteiger partial charge on any atom is -0.378 e. The van der Waals surface area contributed by atoms with Gasteiger partial charge in [-0.05, 0) is 31.9 Å². The van der Waals surface area contributed by atoms with E-state index in [4.69, 9.17) is 9.47 Å². The molecule has 2 rings (SSSR count). The van der Waals surface area contributed by atoms with E-state index in [9.17, 15) is 4.79 Å². The molecule has 1 aliphatic heterocycles. The van der Waals surface area contributed by atoms with E-state index in [1.807, 2.05) is 31.3 Å². The Bertz CT molecular complexity index is 473. The van der Waals surface area contributed by atoms with Crippen molar-refractivity contribution in [3.05, 3.63) is 24.3 Å². The van der Waals surface area contributed by atoms with Crippen LogP contribution in [0.3, 0.4) is 0 Å². The molecule has 1 amide bonds. The third-order valence-corrected chi connectivity index (χ3v) is 3.86. The summed E-state index contributed by atoms with van der Waals surface area (Å²) in [5.74, 6) is -0.0238. The lowest BCUT2D eigenvalue weighted by molar-refractivity contribution is -0.117. The molecule has 22 heavy (non-hydrogen) atoms. The van der Waals surface area contributed by atoms with Gasteiger partial charge in [0.2, 0.25) is 5.91 Å². The molecule has 1 saturated heterocycles. The number of nitrogens with zero attached hydrogens (tertiary/aromatic N) is 1. The second kappa shape index (κ2) is 8.76. The fourth-order valence-electron chi connectivity index (χ4n) is 2.45. The van der Waals surface area contributed by atoms with Gasteiger partial charge in [-0.15, -0.1) is 0 Å². The van der Waals surface area contributed by atoms with Gasteiger partial charge >= 0.3 is 0 Å². The summed E-state index contributed by atoms with van der Waals surface area (Å²) < 4.78 is 11.0. The van der Waals surface area contributed by atoms with E-state index in [0.717, 1.165) is 37.4 Å². The maximum absolute atomic E-state index is 12.0. The van der Waals surface area contributed by atoms with Crippen molar-refractivity contribution in [3.63, 3.8) is 0 Å². The molecular weight excluding hydrogens is 280 g/mol. The zero-order chi connectivity index (χ0) is 15.8. The van der Waals surface area contributed by atoms with Gasteiger partial charge in [0.25, 0.3) is 0 Å². The first kappa shape index (κ1) is 16.8. The quantitative estimate of drug-likeness (QED) is 0.750. The highest BCUT2D eigenvalue weighted by Crippen LogP contribution is 2.24. The van der Waals surface area contributed by atoms with Crippen LogP contribution in [-0.4, -0.2) is 45.4 Å². The number of nitrogens with one attached hydrogen (secondary N) is 1. The molecule has 0 spiro atoms. The Hall–Kier alpha value is -1.59. The summed E-state index contributed by atoms with van der Waals surface area (Å²) in [6.45, 7) is 4.81. The van der Waals surface area contributed by atoms with Gasteiger partial charge in [-0.25, -0.2) is 0 Å². The Balaban J connectivity index is 1.74. The first-order valence-corrected chi connectivity index (χ1v) is 8.00. The molecule has 5 heteroatoms. The molecule has 1 aliphatic rings. The van der Waals surface area contributed by atoms with Crippen LogP contribution >= 0.6 is 0 Å². The molecule has 0 aromatic heterocycles. The van der Waals surface area contributed by atoms with E-state index >= 15 is 0 Å². The molecule has 0 saturated carbocycles. The van der Waals surface area contributed by atoms with E-state index in [0.29, 0.717) is 19.6 Å². The molecule has 5 nitrogen and oxygen atoms in total. The minimum atomic E-state index is -0.0238. The van der Waals surface area contributed by atoms with Gasteiger partial charge < -0.3 is 19.7 Å². The molecule has 1 N–H and O–H groups in total. The number of rotatable bonds is 8. The second-order valence-electron chi connectivity index (χ2n) is 5.54. The summed E-state index contributed by atoms with van der Waals surface area (Å²) in [7, 11) is 2.01. The van der Waals surface area contributed by atoms with Crippen molar-refractivity contribution in [2.45, 2.75) is 32.3 Å². The summed E-state index contributed by atoms with van der Waals surface area (Å²) >= 11 is 0. The number of benzene rings is 1. The molecule has 1 aromatic rings. The third kappa shape index (κ3) is 5.00. The molecule has 122 valence electrons. The van der Waals surface area contributed by atoms with Crippen LogP contribution in [-0.2, 0) is 14.3 Å². The van der Waals surface area contributed by atoms with Crippen molar-refractivity contribution in [1.82, 2.24) is 0 Å². The Morgan fingerprint density at radius 1 is 1.45 bits per heavy atom. The summed E-state index contributed by atoms with van der Waals surface area (Å²) in [4.78, 5) is 14.1. The van der Waals surface area contributed by atoms with E-state index in [1.165, 1.54) is 0 Å². The molecule has 1 heterocycles. The number of ether oxygens (including phenoxy) is 2. The topological polar surface area (TPSA) is 50.8 Å². The predicted molar refractivity (Wildman–Crippen MR) is 88.4 cm³/mol. The SMILES string of the molecule is CCN(C)c1ccccc1NC(=O)CCOC[C@H]1CCCO1. The lowest BCUT2D eigenvalue weighted by Crippen LogP contribution is -2.21. The summed E-state index contributed by atoms with van der Waals surface area (Å²) in [5, 5.41) is 2.96. The Morgan fingerprint density at radius 2 is 2.27 bits per heavy atom. The van der Waals surface area contributed by atoms with Crippen LogP contribution in [0.25, 0.3) is 0 Å². The Morgan fingerprint density at radius 3 is 3.00 bits per heavy atom. The van der Waals surface area contributed by atoms with Crippen LogP contribution in [0.2, 0.25) is 0 Å². The van der Waals surface area contributed by atoms with Gasteiger partial charge in [-0.2, -0.15) is 0 Å². The third-order valence-electron chi connectivity index (χ3n) is 3.86. The van der Waals surface area contributed by atoms with E-state index in [2.05, 4.69) is 17.1 Å². The highest BCUT2D eigenvalue weighted by Gasteiger charge is 2.15. The van der Waals surface area contributed by atoms with Crippen molar-refractivity contribution in [1.29, 1.82) is 0 Å². The average molecular weight is 306 g/mol. The van der Waals surface area contributed by atoms with Crippen LogP contribution in [0.15, 0.2) is 24.3 Å². The largest absolute Gasteiger partial charge is 0.378 e. The normalized spacial score (nSPS) is 17.5. The van der Waals surface area contributed by atoms with E-state index in [-0.39, 0.29) is 12.0 Å². The molecule has 0 bridgehead atoms. The zero-order valence-electron chi connectivity index (χ0n) is 13.5. The van der Waals surface area contributed by atoms with Crippen molar-refractivity contribution in [2.24, 2.45) is 0 Å². The van der Waals surface area contributed by atoms with Crippen molar-refractivity contribution in [3.8, 4) is 0 Å². The predicted octanol–water partition coefficient (Wildman–Crippen LogP) is 2.67. The number of carbonyl (C=O) groups excluding carboxylic acids is 1. The van der Waals surface area contributed by atoms with E-state index < -0.39 is 0 Å². The molecule has 1 fully saturated rings. The molecular formula is C17H26N2O3. The van der Waals surface area contributed by atoms with Gasteiger partial charge in [0.1, 0.15) is 0 Å². The van der Waals surface area contributed by atoms with Crippen molar-refractivity contribution >= 4 is 17.3 Å². The van der Waals surface area contributed by atoms with Gasteiger partial charge in [0.15, 0.2) is 0 Å². The zero-order valence-corrected chi connectivity index (χ0v) is 13.5. The van der Waals surface area contributed by atoms with Gasteiger partial charge in [0.05, 0.1) is 37.1 Å². The van der Waals surface area contributed by atoms with E-state index in [1.54, 1.807) is 0 Å². The summed E-state index contributed by atoms with van der Waals surface area (Å²) in [6.07, 6.45) is 2.73. The second-order valence-corrected chi connectivity index (χ2v) is 5.54. The Kier molecular flexibility index (Phi) is 6.68.